The second-order valence-electron chi connectivity index (χ2n) is 12.6. The number of ether oxygens (including phenoxy) is 1. The molecule has 5 atom stereocenters. The molecule has 5 fully saturated rings. The molecule has 7 rings (SSSR count). The largest absolute Gasteiger partial charge is 0.381 e. The summed E-state index contributed by atoms with van der Waals surface area (Å²) in [4.78, 5) is 9.06. The molecule has 1 aromatic carbocycles. The Balaban J connectivity index is 1.07. The molecule has 1 heterocycles. The Kier molecular flexibility index (Phi) is 7.98. The van der Waals surface area contributed by atoms with Crippen LogP contribution in [0.4, 0.5) is 11.8 Å². The third kappa shape index (κ3) is 5.89. The van der Waals surface area contributed by atoms with Gasteiger partial charge in [-0.2, -0.15) is 10.2 Å². The molecule has 5 aliphatic carbocycles. The van der Waals surface area contributed by atoms with Gasteiger partial charge in [-0.05, 0) is 105 Å². The van der Waals surface area contributed by atoms with Crippen LogP contribution in [0.15, 0.2) is 30.5 Å². The van der Waals surface area contributed by atoms with Crippen LogP contribution in [-0.2, 0) is 11.3 Å². The van der Waals surface area contributed by atoms with Crippen molar-refractivity contribution in [2.45, 2.75) is 76.5 Å². The number of nitriles is 1. The van der Waals surface area contributed by atoms with Crippen LogP contribution in [0.25, 0.3) is 0 Å². The predicted octanol–water partition coefficient (Wildman–Crippen LogP) is 6.02. The van der Waals surface area contributed by atoms with Crippen molar-refractivity contribution in [3.63, 3.8) is 0 Å². The predicted molar refractivity (Wildman–Crippen MR) is 155 cm³/mol. The van der Waals surface area contributed by atoms with Crippen LogP contribution in [0.3, 0.4) is 0 Å². The van der Waals surface area contributed by atoms with Gasteiger partial charge in [0.25, 0.3) is 0 Å². The number of hydrogen-bond acceptors (Lipinski definition) is 7. The van der Waals surface area contributed by atoms with Crippen molar-refractivity contribution >= 4 is 23.4 Å². The summed E-state index contributed by atoms with van der Waals surface area (Å²) >= 11 is 6.30. The van der Waals surface area contributed by atoms with Crippen molar-refractivity contribution in [3.8, 4) is 6.07 Å². The van der Waals surface area contributed by atoms with Crippen LogP contribution in [0, 0.1) is 40.4 Å². The lowest BCUT2D eigenvalue weighted by atomic mass is 9.48. The first-order valence-corrected chi connectivity index (χ1v) is 15.2. The van der Waals surface area contributed by atoms with Crippen molar-refractivity contribution in [1.82, 2.24) is 15.3 Å². The average molecular weight is 549 g/mol. The van der Waals surface area contributed by atoms with E-state index in [9.17, 15) is 5.26 Å². The molecule has 0 radical (unpaired) electrons. The first-order chi connectivity index (χ1) is 19.0. The van der Waals surface area contributed by atoms with Crippen LogP contribution in [0.5, 0.6) is 0 Å². The zero-order chi connectivity index (χ0) is 26.8. The molecule has 2 aromatic rings. The Labute approximate surface area is 237 Å². The quantitative estimate of drug-likeness (QED) is 0.334. The normalized spacial score (nSPS) is 33.1. The molecule has 5 saturated carbocycles. The van der Waals surface area contributed by atoms with E-state index >= 15 is 0 Å². The molecule has 3 N–H and O–H groups in total. The van der Waals surface area contributed by atoms with E-state index in [1.807, 2.05) is 31.4 Å². The van der Waals surface area contributed by atoms with Crippen LogP contribution < -0.4 is 16.0 Å². The summed E-state index contributed by atoms with van der Waals surface area (Å²) in [6.45, 7) is 2.57. The molecule has 7 nitrogen and oxygen atoms in total. The number of methoxy groups -OCH3 is 1. The molecular weight excluding hydrogens is 508 g/mol. The molecule has 0 saturated heterocycles. The lowest BCUT2D eigenvalue weighted by molar-refractivity contribution is -0.0706. The van der Waals surface area contributed by atoms with Gasteiger partial charge in [0, 0.05) is 31.3 Å². The van der Waals surface area contributed by atoms with Gasteiger partial charge in [0.05, 0.1) is 12.3 Å². The van der Waals surface area contributed by atoms with E-state index in [2.05, 4.69) is 27.0 Å². The van der Waals surface area contributed by atoms with Crippen LogP contribution >= 0.6 is 11.6 Å². The van der Waals surface area contributed by atoms with Crippen LogP contribution in [-0.4, -0.2) is 42.3 Å². The van der Waals surface area contributed by atoms with Crippen molar-refractivity contribution in [2.75, 3.05) is 30.8 Å². The van der Waals surface area contributed by atoms with Crippen molar-refractivity contribution in [2.24, 2.45) is 29.1 Å². The van der Waals surface area contributed by atoms with E-state index in [1.165, 1.54) is 64.3 Å². The Bertz CT molecular complexity index is 1180. The lowest BCUT2D eigenvalue weighted by Gasteiger charge is -2.60. The molecule has 0 aliphatic heterocycles. The Morgan fingerprint density at radius 1 is 1.08 bits per heavy atom. The summed E-state index contributed by atoms with van der Waals surface area (Å²) in [6.07, 6.45) is 13.7. The summed E-state index contributed by atoms with van der Waals surface area (Å²) in [5.41, 5.74) is 1.78. The minimum Gasteiger partial charge on any atom is -0.381 e. The van der Waals surface area contributed by atoms with E-state index in [0.717, 1.165) is 35.8 Å². The van der Waals surface area contributed by atoms with Crippen molar-refractivity contribution < 1.29 is 4.74 Å². The summed E-state index contributed by atoms with van der Waals surface area (Å²) < 4.78 is 5.57. The highest BCUT2D eigenvalue weighted by molar-refractivity contribution is 6.31. The first-order valence-electron chi connectivity index (χ1n) is 14.8. The number of nitrogens with zero attached hydrogens (tertiary/aromatic N) is 3. The van der Waals surface area contributed by atoms with Gasteiger partial charge in [-0.1, -0.05) is 29.8 Å². The fourth-order valence-corrected chi connectivity index (χ4v) is 8.59. The van der Waals surface area contributed by atoms with Gasteiger partial charge >= 0.3 is 0 Å². The average Bonchev–Trinajstić information content (AvgIpc) is 2.95. The molecule has 39 heavy (non-hydrogen) atoms. The van der Waals surface area contributed by atoms with Crippen molar-refractivity contribution in [1.29, 1.82) is 5.26 Å². The summed E-state index contributed by atoms with van der Waals surface area (Å²) in [7, 11) is 1.85. The highest BCUT2D eigenvalue weighted by Crippen LogP contribution is 2.60. The SMILES string of the molecule is COC1CCC(CNC2[C@@H]3CC4C[C@H]2CC(CNc2nc(NCc5ccccc5Cl)ncc2C#N)(C4)C3)CC1. The monoisotopic (exact) mass is 548 g/mol. The number of benzene rings is 1. The van der Waals surface area contributed by atoms with Crippen molar-refractivity contribution in [3.05, 3.63) is 46.6 Å². The van der Waals surface area contributed by atoms with Gasteiger partial charge in [0.1, 0.15) is 17.5 Å². The highest BCUT2D eigenvalue weighted by Gasteiger charge is 2.55. The second-order valence-corrected chi connectivity index (χ2v) is 13.1. The van der Waals surface area contributed by atoms with E-state index in [-0.39, 0.29) is 0 Å². The van der Waals surface area contributed by atoms with Crippen LogP contribution in [0.2, 0.25) is 5.02 Å². The fraction of sp³-hybridized carbons (Fsp3) is 0.645. The van der Waals surface area contributed by atoms with Gasteiger partial charge in [0.15, 0.2) is 0 Å². The third-order valence-corrected chi connectivity index (χ3v) is 10.5. The first kappa shape index (κ1) is 26.8. The highest BCUT2D eigenvalue weighted by atomic mass is 35.5. The Morgan fingerprint density at radius 3 is 2.56 bits per heavy atom. The van der Waals surface area contributed by atoms with Gasteiger partial charge < -0.3 is 20.7 Å². The fourth-order valence-electron chi connectivity index (χ4n) is 8.39. The number of hydrogen-bond donors (Lipinski definition) is 3. The molecule has 8 heteroatoms. The molecular formula is C31H41ClN6O. The lowest BCUT2D eigenvalue weighted by Crippen LogP contribution is -2.60. The Morgan fingerprint density at radius 2 is 1.85 bits per heavy atom. The third-order valence-electron chi connectivity index (χ3n) is 10.1. The second kappa shape index (κ2) is 11.6. The number of anilines is 2. The van der Waals surface area contributed by atoms with Gasteiger partial charge in [-0.15, -0.1) is 0 Å². The molecule has 0 spiro atoms. The Hall–Kier alpha value is -2.40. The number of aromatic nitrogens is 2. The number of halogens is 1. The topological polar surface area (TPSA) is 94.9 Å². The van der Waals surface area contributed by atoms with Gasteiger partial charge in [-0.25, -0.2) is 4.98 Å². The summed E-state index contributed by atoms with van der Waals surface area (Å²) in [5, 5.41) is 21.4. The van der Waals surface area contributed by atoms with Gasteiger partial charge in [0.2, 0.25) is 5.95 Å². The molecule has 3 unspecified atom stereocenters. The standard InChI is InChI=1S/C31H41ClN6O/c1-39-26-8-6-20(7-9-26)16-34-28-23-10-21-11-24(28)14-31(12-21,13-23)19-37-29-25(15-33)18-36-30(38-29)35-17-22-4-2-3-5-27(22)32/h2-5,18,20-21,23-24,26,28,34H,6-14,16-17,19H2,1H3,(H2,35,36,37,38)/t20?,21?,23-,24+,26?,28?,31?. The zero-order valence-corrected chi connectivity index (χ0v) is 23.7. The zero-order valence-electron chi connectivity index (χ0n) is 23.0. The smallest absolute Gasteiger partial charge is 0.224 e. The molecule has 208 valence electrons. The van der Waals surface area contributed by atoms with E-state index < -0.39 is 0 Å². The van der Waals surface area contributed by atoms with Crippen LogP contribution in [0.1, 0.15) is 68.9 Å². The van der Waals surface area contributed by atoms with E-state index in [4.69, 9.17) is 21.3 Å². The summed E-state index contributed by atoms with van der Waals surface area (Å²) in [5.74, 6) is 4.31. The minimum absolute atomic E-state index is 0.300. The maximum Gasteiger partial charge on any atom is 0.224 e. The summed E-state index contributed by atoms with van der Waals surface area (Å²) in [6, 6.07) is 10.7. The molecule has 4 bridgehead atoms. The van der Waals surface area contributed by atoms with E-state index in [1.54, 1.807) is 6.20 Å². The molecule has 5 aliphatic rings. The molecule has 1 aromatic heterocycles. The minimum atomic E-state index is 0.300. The maximum absolute atomic E-state index is 9.72. The van der Waals surface area contributed by atoms with E-state index in [0.29, 0.717) is 46.5 Å². The number of nitrogens with one attached hydrogen (secondary N) is 3. The number of rotatable bonds is 10. The molecule has 0 amide bonds. The van der Waals surface area contributed by atoms with Gasteiger partial charge in [-0.3, -0.25) is 0 Å². The maximum atomic E-state index is 9.72.